The highest BCUT2D eigenvalue weighted by Gasteiger charge is 2.21. The van der Waals surface area contributed by atoms with Gasteiger partial charge in [0.05, 0.1) is 17.9 Å². The van der Waals surface area contributed by atoms with Gasteiger partial charge in [-0.3, -0.25) is 4.79 Å². The first-order valence-electron chi connectivity index (χ1n) is 8.87. The number of hydrogen-bond donors (Lipinski definition) is 0. The summed E-state index contributed by atoms with van der Waals surface area (Å²) in [5, 5.41) is 9.02. The summed E-state index contributed by atoms with van der Waals surface area (Å²) in [6.45, 7) is 4.00. The molecule has 0 radical (unpaired) electrons. The maximum atomic E-state index is 12.7. The molecule has 0 unspecified atom stereocenters. The fourth-order valence-electron chi connectivity index (χ4n) is 2.83. The molecule has 6 heteroatoms. The summed E-state index contributed by atoms with van der Waals surface area (Å²) >= 11 is 1.41. The maximum Gasteiger partial charge on any atom is 0.191 e. The highest BCUT2D eigenvalue weighted by molar-refractivity contribution is 8.00. The van der Waals surface area contributed by atoms with Gasteiger partial charge >= 0.3 is 0 Å². The Kier molecular flexibility index (Phi) is 5.96. The van der Waals surface area contributed by atoms with Gasteiger partial charge in [0.15, 0.2) is 16.8 Å². The molecule has 1 heterocycles. The molecule has 5 nitrogen and oxygen atoms in total. The normalized spacial score (nSPS) is 12.0. The molecule has 3 aromatic rings. The number of methoxy groups -OCH3 is 1. The van der Waals surface area contributed by atoms with E-state index in [0.717, 1.165) is 23.3 Å². The van der Waals surface area contributed by atoms with Crippen LogP contribution in [0.5, 0.6) is 5.75 Å². The van der Waals surface area contributed by atoms with Crippen LogP contribution in [-0.2, 0) is 13.5 Å². The Hall–Kier alpha value is -2.60. The zero-order valence-corrected chi connectivity index (χ0v) is 16.8. The van der Waals surface area contributed by atoms with Crippen LogP contribution >= 0.6 is 11.8 Å². The van der Waals surface area contributed by atoms with Crippen LogP contribution in [-0.4, -0.2) is 32.9 Å². The number of Topliss-reactive ketones (excluding diaryl/α,β-unsaturated/α-hetero) is 1. The van der Waals surface area contributed by atoms with Crippen LogP contribution in [0.2, 0.25) is 0 Å². The van der Waals surface area contributed by atoms with Crippen LogP contribution in [0, 0.1) is 0 Å². The van der Waals surface area contributed by atoms with Crippen molar-refractivity contribution >= 4 is 17.5 Å². The predicted octanol–water partition coefficient (Wildman–Crippen LogP) is 4.42. The summed E-state index contributed by atoms with van der Waals surface area (Å²) in [4.78, 5) is 12.7. The summed E-state index contributed by atoms with van der Waals surface area (Å²) in [6.07, 6.45) is 0.962. The lowest BCUT2D eigenvalue weighted by atomic mass is 10.1. The van der Waals surface area contributed by atoms with Gasteiger partial charge in [0, 0.05) is 12.6 Å². The highest BCUT2D eigenvalue weighted by atomic mass is 32.2. The van der Waals surface area contributed by atoms with Crippen molar-refractivity contribution in [1.29, 1.82) is 0 Å². The third kappa shape index (κ3) is 4.06. The molecule has 0 fully saturated rings. The molecular weight excluding hydrogens is 358 g/mol. The number of ketones is 1. The number of ether oxygens (including phenoxy) is 1. The first-order valence-corrected chi connectivity index (χ1v) is 9.75. The Morgan fingerprint density at radius 3 is 2.52 bits per heavy atom. The zero-order chi connectivity index (χ0) is 19.4. The van der Waals surface area contributed by atoms with Crippen molar-refractivity contribution in [3.63, 3.8) is 0 Å². The minimum absolute atomic E-state index is 0.0875. The Morgan fingerprint density at radius 1 is 1.15 bits per heavy atom. The van der Waals surface area contributed by atoms with Crippen molar-refractivity contribution in [3.05, 3.63) is 59.7 Å². The summed E-state index contributed by atoms with van der Waals surface area (Å²) < 4.78 is 7.31. The lowest BCUT2D eigenvalue weighted by Crippen LogP contribution is -2.14. The first-order chi connectivity index (χ1) is 13.0. The molecule has 0 aliphatic carbocycles. The fraction of sp³-hybridized carbons (Fsp3) is 0.286. The second-order valence-electron chi connectivity index (χ2n) is 6.24. The van der Waals surface area contributed by atoms with Gasteiger partial charge in [-0.05, 0) is 31.0 Å². The van der Waals surface area contributed by atoms with E-state index in [1.165, 1.54) is 17.3 Å². The van der Waals surface area contributed by atoms with Crippen LogP contribution < -0.4 is 4.74 Å². The molecule has 0 saturated heterocycles. The number of rotatable bonds is 7. The quantitative estimate of drug-likeness (QED) is 0.448. The summed E-state index contributed by atoms with van der Waals surface area (Å²) in [6, 6.07) is 15.5. The average Bonchev–Trinajstić information content (AvgIpc) is 3.07. The van der Waals surface area contributed by atoms with Crippen LogP contribution in [0.3, 0.4) is 0 Å². The second-order valence-corrected chi connectivity index (χ2v) is 7.55. The van der Waals surface area contributed by atoms with Crippen molar-refractivity contribution in [2.24, 2.45) is 7.05 Å². The molecule has 140 valence electrons. The molecule has 0 aliphatic rings. The molecule has 2 aromatic carbocycles. The Balaban J connectivity index is 1.79. The van der Waals surface area contributed by atoms with Crippen LogP contribution in [0.25, 0.3) is 11.4 Å². The van der Waals surface area contributed by atoms with Gasteiger partial charge in [0.25, 0.3) is 0 Å². The minimum atomic E-state index is -0.258. The van der Waals surface area contributed by atoms with E-state index >= 15 is 0 Å². The smallest absolute Gasteiger partial charge is 0.191 e. The Bertz CT molecular complexity index is 935. The lowest BCUT2D eigenvalue weighted by molar-refractivity contribution is 0.0994. The van der Waals surface area contributed by atoms with Crippen LogP contribution in [0.1, 0.15) is 29.8 Å². The van der Waals surface area contributed by atoms with Crippen LogP contribution in [0.15, 0.2) is 53.7 Å². The molecule has 0 aliphatic heterocycles. The molecule has 3 rings (SSSR count). The van der Waals surface area contributed by atoms with Gasteiger partial charge in [0.2, 0.25) is 0 Å². The topological polar surface area (TPSA) is 57.0 Å². The molecule has 27 heavy (non-hydrogen) atoms. The standard InChI is InChI=1S/C21H23N3O2S/c1-5-15-10-12-16(13-11-15)19(25)14(2)27-21-23-22-20(24(21)3)17-8-6-7-9-18(17)26-4/h6-14H,5H2,1-4H3/t14-/m0/s1. The highest BCUT2D eigenvalue weighted by Crippen LogP contribution is 2.31. The van der Waals surface area contributed by atoms with Gasteiger partial charge < -0.3 is 9.30 Å². The number of para-hydroxylation sites is 1. The molecular formula is C21H23N3O2S. The third-order valence-electron chi connectivity index (χ3n) is 4.48. The van der Waals surface area contributed by atoms with E-state index in [2.05, 4.69) is 17.1 Å². The van der Waals surface area contributed by atoms with E-state index in [-0.39, 0.29) is 11.0 Å². The zero-order valence-electron chi connectivity index (χ0n) is 16.0. The fourth-order valence-corrected chi connectivity index (χ4v) is 3.72. The SMILES string of the molecule is CCc1ccc(C(=O)[C@H](C)Sc2nnc(-c3ccccc3OC)n2C)cc1. The first kappa shape index (κ1) is 19.2. The number of aromatic nitrogens is 3. The van der Waals surface area contributed by atoms with Crippen molar-refractivity contribution in [1.82, 2.24) is 14.8 Å². The molecule has 0 spiro atoms. The van der Waals surface area contributed by atoms with Crippen LogP contribution in [0.4, 0.5) is 0 Å². The van der Waals surface area contributed by atoms with E-state index < -0.39 is 0 Å². The van der Waals surface area contributed by atoms with E-state index in [4.69, 9.17) is 4.74 Å². The lowest BCUT2D eigenvalue weighted by Gasteiger charge is -2.11. The summed E-state index contributed by atoms with van der Waals surface area (Å²) in [5.74, 6) is 1.54. The Labute approximate surface area is 163 Å². The molecule has 0 saturated carbocycles. The Morgan fingerprint density at radius 2 is 1.85 bits per heavy atom. The number of carbonyl (C=O) groups is 1. The number of benzene rings is 2. The maximum absolute atomic E-state index is 12.7. The van der Waals surface area contributed by atoms with Crippen molar-refractivity contribution in [2.75, 3.05) is 7.11 Å². The number of carbonyl (C=O) groups excluding carboxylic acids is 1. The number of thioether (sulfide) groups is 1. The van der Waals surface area contributed by atoms with Crippen molar-refractivity contribution < 1.29 is 9.53 Å². The number of aryl methyl sites for hydroxylation is 1. The average molecular weight is 382 g/mol. The van der Waals surface area contributed by atoms with E-state index in [1.807, 2.05) is 67.1 Å². The van der Waals surface area contributed by atoms with Gasteiger partial charge in [0.1, 0.15) is 5.75 Å². The predicted molar refractivity (Wildman–Crippen MR) is 108 cm³/mol. The van der Waals surface area contributed by atoms with E-state index in [0.29, 0.717) is 11.0 Å². The van der Waals surface area contributed by atoms with Crippen molar-refractivity contribution in [3.8, 4) is 17.1 Å². The van der Waals surface area contributed by atoms with E-state index in [9.17, 15) is 4.79 Å². The van der Waals surface area contributed by atoms with Gasteiger partial charge in [-0.25, -0.2) is 0 Å². The monoisotopic (exact) mass is 381 g/mol. The largest absolute Gasteiger partial charge is 0.496 e. The van der Waals surface area contributed by atoms with Gasteiger partial charge in [-0.2, -0.15) is 0 Å². The second kappa shape index (κ2) is 8.39. The van der Waals surface area contributed by atoms with Crippen molar-refractivity contribution in [2.45, 2.75) is 30.7 Å². The summed E-state index contributed by atoms with van der Waals surface area (Å²) in [5.41, 5.74) is 2.82. The van der Waals surface area contributed by atoms with Gasteiger partial charge in [-0.1, -0.05) is 55.1 Å². The summed E-state index contributed by atoms with van der Waals surface area (Å²) in [7, 11) is 3.53. The van der Waals surface area contributed by atoms with E-state index in [1.54, 1.807) is 7.11 Å². The molecule has 1 atom stereocenters. The number of hydrogen-bond acceptors (Lipinski definition) is 5. The van der Waals surface area contributed by atoms with Gasteiger partial charge in [-0.15, -0.1) is 10.2 Å². The molecule has 0 bridgehead atoms. The number of nitrogens with zero attached hydrogens (tertiary/aromatic N) is 3. The molecule has 0 N–H and O–H groups in total. The minimum Gasteiger partial charge on any atom is -0.496 e. The molecule has 0 amide bonds. The molecule has 1 aromatic heterocycles. The third-order valence-corrected chi connectivity index (χ3v) is 5.61.